The summed E-state index contributed by atoms with van der Waals surface area (Å²) >= 11 is 0. The van der Waals surface area contributed by atoms with Crippen LogP contribution in [-0.2, 0) is 11.3 Å². The van der Waals surface area contributed by atoms with E-state index in [1.807, 2.05) is 5.32 Å². The first-order valence-corrected chi connectivity index (χ1v) is 9.36. The number of ketones is 1. The third-order valence-electron chi connectivity index (χ3n) is 4.64. The molecule has 0 radical (unpaired) electrons. The van der Waals surface area contributed by atoms with E-state index in [0.717, 1.165) is 5.56 Å². The van der Waals surface area contributed by atoms with Crippen molar-refractivity contribution in [3.8, 4) is 0 Å². The van der Waals surface area contributed by atoms with E-state index in [-0.39, 0.29) is 17.9 Å². The van der Waals surface area contributed by atoms with Gasteiger partial charge in [0.05, 0.1) is 24.9 Å². The maximum absolute atomic E-state index is 12.7. The Morgan fingerprint density at radius 3 is 2.29 bits per heavy atom. The molecule has 1 heterocycles. The number of alkyl halides is 3. The minimum atomic E-state index is -4.47. The van der Waals surface area contributed by atoms with E-state index in [0.29, 0.717) is 29.1 Å². The summed E-state index contributed by atoms with van der Waals surface area (Å²) in [5.74, 6) is -1.54. The molecule has 31 heavy (non-hydrogen) atoms. The Morgan fingerprint density at radius 1 is 1.13 bits per heavy atom. The van der Waals surface area contributed by atoms with Gasteiger partial charge in [0.1, 0.15) is 6.54 Å². The molecular weight excluding hydrogens is 415 g/mol. The molecule has 10 heteroatoms. The van der Waals surface area contributed by atoms with Crippen LogP contribution in [0.4, 0.5) is 13.2 Å². The van der Waals surface area contributed by atoms with Crippen LogP contribution in [0.2, 0.25) is 0 Å². The number of aromatic amines is 1. The third kappa shape index (κ3) is 6.42. The van der Waals surface area contributed by atoms with Crippen molar-refractivity contribution in [3.05, 3.63) is 57.9 Å². The maximum atomic E-state index is 12.7. The van der Waals surface area contributed by atoms with Gasteiger partial charge in [-0.15, -0.1) is 0 Å². The topological polar surface area (TPSA) is 91.5 Å². The van der Waals surface area contributed by atoms with Gasteiger partial charge in [-0.1, -0.05) is 12.1 Å². The van der Waals surface area contributed by atoms with Crippen LogP contribution in [0.3, 0.4) is 0 Å². The molecule has 7 nitrogen and oxygen atoms in total. The van der Waals surface area contributed by atoms with Crippen LogP contribution >= 0.6 is 0 Å². The molecule has 0 saturated carbocycles. The van der Waals surface area contributed by atoms with E-state index >= 15 is 0 Å². The second-order valence-corrected chi connectivity index (χ2v) is 7.21. The molecule has 0 unspecified atom stereocenters. The highest BCUT2D eigenvalue weighted by molar-refractivity contribution is 6.02. The first-order valence-electron chi connectivity index (χ1n) is 9.36. The van der Waals surface area contributed by atoms with Gasteiger partial charge in [-0.2, -0.15) is 13.2 Å². The normalized spacial score (nSPS) is 11.5. The monoisotopic (exact) mass is 439 g/mol. The molecule has 2 N–H and O–H groups in total. The molecule has 0 fully saturated rings. The summed E-state index contributed by atoms with van der Waals surface area (Å²) in [6.45, 7) is 2.40. The number of halogens is 3. The van der Waals surface area contributed by atoms with E-state index in [9.17, 15) is 27.6 Å². The van der Waals surface area contributed by atoms with Gasteiger partial charge in [-0.3, -0.25) is 14.5 Å². The third-order valence-corrected chi connectivity index (χ3v) is 4.64. The number of aromatic nitrogens is 1. The number of likely N-dealkylation sites (N-methyl/N-ethyl adjacent to an activating group) is 1. The number of carbonyl (C=O) groups excluding carboxylic acids is 3. The number of hydrogen-bond donors (Lipinski definition) is 2. The van der Waals surface area contributed by atoms with Crippen LogP contribution in [0.1, 0.15) is 48.0 Å². The Kier molecular flexibility index (Phi) is 7.61. The van der Waals surface area contributed by atoms with Crippen LogP contribution < -0.4 is 5.32 Å². The van der Waals surface area contributed by atoms with Crippen molar-refractivity contribution in [1.82, 2.24) is 15.2 Å². The molecule has 1 aromatic carbocycles. The van der Waals surface area contributed by atoms with Gasteiger partial charge >= 0.3 is 12.1 Å². The Balaban J connectivity index is 1.98. The molecule has 0 saturated heterocycles. The lowest BCUT2D eigenvalue weighted by molar-refractivity contribution is -0.123. The number of H-pyrrole nitrogens is 1. The quantitative estimate of drug-likeness (QED) is 0.487. The number of rotatable bonds is 8. The van der Waals surface area contributed by atoms with Crippen LogP contribution in [-0.4, -0.2) is 61.0 Å². The number of nitrogens with zero attached hydrogens (tertiary/aromatic N) is 1. The van der Waals surface area contributed by atoms with Gasteiger partial charge in [0, 0.05) is 17.8 Å². The number of methoxy groups -OCH3 is 1. The summed E-state index contributed by atoms with van der Waals surface area (Å²) in [7, 11) is 3.00. The van der Waals surface area contributed by atoms with E-state index in [2.05, 4.69) is 4.98 Å². The van der Waals surface area contributed by atoms with Gasteiger partial charge in [0.25, 0.3) is 5.91 Å². The van der Waals surface area contributed by atoms with Crippen molar-refractivity contribution in [2.24, 2.45) is 0 Å². The Morgan fingerprint density at radius 2 is 1.74 bits per heavy atom. The lowest BCUT2D eigenvalue weighted by Crippen LogP contribution is -2.33. The lowest BCUT2D eigenvalue weighted by atomic mass is 10.1. The van der Waals surface area contributed by atoms with E-state index in [1.165, 1.54) is 19.2 Å². The van der Waals surface area contributed by atoms with Gasteiger partial charge in [0.15, 0.2) is 5.78 Å². The fraction of sp³-hybridized carbons (Fsp3) is 0.381. The van der Waals surface area contributed by atoms with E-state index in [1.54, 1.807) is 37.9 Å². The Labute approximate surface area is 177 Å². The summed E-state index contributed by atoms with van der Waals surface area (Å²) < 4.78 is 41.3. The average molecular weight is 439 g/mol. The summed E-state index contributed by atoms with van der Waals surface area (Å²) in [4.78, 5) is 41.0. The molecule has 0 atom stereocenters. The molecule has 1 amide bonds. The number of Topliss-reactive ketones (excluding diaryl/α,β-unsaturated/α-hetero) is 1. The highest BCUT2D eigenvalue weighted by Crippen LogP contribution is 2.20. The molecule has 0 spiro atoms. The molecule has 168 valence electrons. The zero-order valence-corrected chi connectivity index (χ0v) is 17.6. The van der Waals surface area contributed by atoms with E-state index in [4.69, 9.17) is 4.74 Å². The van der Waals surface area contributed by atoms with Gasteiger partial charge in [-0.05, 0) is 44.2 Å². The van der Waals surface area contributed by atoms with Gasteiger partial charge in [-0.25, -0.2) is 4.79 Å². The van der Waals surface area contributed by atoms with Crippen LogP contribution in [0.15, 0.2) is 24.3 Å². The fourth-order valence-corrected chi connectivity index (χ4v) is 3.17. The van der Waals surface area contributed by atoms with Crippen LogP contribution in [0.5, 0.6) is 0 Å². The predicted molar refractivity (Wildman–Crippen MR) is 107 cm³/mol. The number of esters is 1. The predicted octanol–water partition coefficient (Wildman–Crippen LogP) is 3.02. The number of amides is 1. The molecule has 2 aromatic rings. The van der Waals surface area contributed by atoms with Crippen molar-refractivity contribution in [2.75, 3.05) is 27.2 Å². The lowest BCUT2D eigenvalue weighted by Gasteiger charge is -2.16. The van der Waals surface area contributed by atoms with Crippen molar-refractivity contribution < 1.29 is 32.3 Å². The highest BCUT2D eigenvalue weighted by Gasteiger charge is 2.28. The number of benzene rings is 1. The molecule has 2 rings (SSSR count). The fourth-order valence-electron chi connectivity index (χ4n) is 3.17. The molecule has 1 aromatic heterocycles. The molecule has 0 aliphatic rings. The van der Waals surface area contributed by atoms with Gasteiger partial charge in [0.2, 0.25) is 0 Å². The number of hydrogen-bond acceptors (Lipinski definition) is 5. The summed E-state index contributed by atoms with van der Waals surface area (Å²) in [5, 5.41) is 1.81. The number of nitrogens with one attached hydrogen (secondary N) is 2. The number of ether oxygens (including phenoxy) is 1. The number of aryl methyl sites for hydroxylation is 1. The largest absolute Gasteiger partial charge is 0.465 e. The van der Waals surface area contributed by atoms with Gasteiger partial charge < -0.3 is 15.0 Å². The molecule has 0 bridgehead atoms. The Hall–Kier alpha value is -3.14. The SMILES string of the molecule is COC(=O)c1c(C)[nH]c(C(=O)CN(C)Cc2ccc(C(=O)NCC(F)(F)F)cc2)c1C. The van der Waals surface area contributed by atoms with Crippen molar-refractivity contribution in [2.45, 2.75) is 26.6 Å². The second kappa shape index (κ2) is 9.78. The molecule has 0 aliphatic carbocycles. The Bertz CT molecular complexity index is 965. The first-order chi connectivity index (χ1) is 14.4. The van der Waals surface area contributed by atoms with Crippen LogP contribution in [0, 0.1) is 13.8 Å². The van der Waals surface area contributed by atoms with Crippen LogP contribution in [0.25, 0.3) is 0 Å². The van der Waals surface area contributed by atoms with Crippen molar-refractivity contribution in [3.63, 3.8) is 0 Å². The second-order valence-electron chi connectivity index (χ2n) is 7.21. The summed E-state index contributed by atoms with van der Waals surface area (Å²) in [6.07, 6.45) is -4.47. The highest BCUT2D eigenvalue weighted by atomic mass is 19.4. The molecule has 0 aliphatic heterocycles. The zero-order chi connectivity index (χ0) is 23.3. The standard InChI is InChI=1S/C21H24F3N3O4/c1-12-17(20(30)31-4)13(2)26-18(12)16(28)10-27(3)9-14-5-7-15(8-6-14)19(29)25-11-21(22,23)24/h5-8,26H,9-11H2,1-4H3,(H,25,29). The summed E-state index contributed by atoms with van der Waals surface area (Å²) in [5.41, 5.74) is 2.64. The minimum Gasteiger partial charge on any atom is -0.465 e. The maximum Gasteiger partial charge on any atom is 0.405 e. The minimum absolute atomic E-state index is 0.0647. The zero-order valence-electron chi connectivity index (χ0n) is 17.6. The van der Waals surface area contributed by atoms with Crippen molar-refractivity contribution in [1.29, 1.82) is 0 Å². The van der Waals surface area contributed by atoms with Crippen molar-refractivity contribution >= 4 is 17.7 Å². The summed E-state index contributed by atoms with van der Waals surface area (Å²) in [6, 6.07) is 6.08. The average Bonchev–Trinajstić information content (AvgIpc) is 2.99. The smallest absolute Gasteiger partial charge is 0.405 e. The molecular formula is C21H24F3N3O4. The van der Waals surface area contributed by atoms with E-state index < -0.39 is 24.6 Å². The first kappa shape index (κ1) is 24.1. The number of carbonyl (C=O) groups is 3.